The Morgan fingerprint density at radius 2 is 2.00 bits per heavy atom. The van der Waals surface area contributed by atoms with E-state index in [1.165, 1.54) is 0 Å². The second-order valence-corrected chi connectivity index (χ2v) is 4.02. The zero-order valence-corrected chi connectivity index (χ0v) is 9.92. The van der Waals surface area contributed by atoms with E-state index in [1.807, 2.05) is 0 Å². The van der Waals surface area contributed by atoms with Crippen LogP contribution in [0.4, 0.5) is 8.78 Å². The Morgan fingerprint density at radius 3 is 2.50 bits per heavy atom. The lowest BCUT2D eigenvalue weighted by Crippen LogP contribution is -2.05. The van der Waals surface area contributed by atoms with Gasteiger partial charge in [0.1, 0.15) is 5.75 Å². The molecule has 14 heavy (non-hydrogen) atoms. The van der Waals surface area contributed by atoms with Crippen molar-refractivity contribution in [1.82, 2.24) is 0 Å². The van der Waals surface area contributed by atoms with Gasteiger partial charge in [0.25, 0.3) is 0 Å². The summed E-state index contributed by atoms with van der Waals surface area (Å²) in [6, 6.07) is 1.58. The van der Waals surface area contributed by atoms with E-state index in [1.54, 1.807) is 19.9 Å². The molecule has 1 nitrogen and oxygen atoms in total. The number of aryl methyl sites for hydroxylation is 1. The van der Waals surface area contributed by atoms with E-state index in [4.69, 9.17) is 11.6 Å². The molecular formula is C9H8BrClF2O. The third kappa shape index (κ3) is 2.36. The van der Waals surface area contributed by atoms with Crippen LogP contribution >= 0.6 is 27.5 Å². The Kier molecular flexibility index (Phi) is 3.72. The summed E-state index contributed by atoms with van der Waals surface area (Å²) in [5.41, 5.74) is 1.17. The summed E-state index contributed by atoms with van der Waals surface area (Å²) in [5.74, 6) is 0.177. The number of hydrogen-bond donors (Lipinski definition) is 0. The van der Waals surface area contributed by atoms with E-state index in [9.17, 15) is 8.78 Å². The highest BCUT2D eigenvalue weighted by molar-refractivity contribution is 9.10. The fourth-order valence-electron chi connectivity index (χ4n) is 1.16. The van der Waals surface area contributed by atoms with Crippen LogP contribution in [0.5, 0.6) is 5.75 Å². The van der Waals surface area contributed by atoms with Gasteiger partial charge in [0, 0.05) is 10.0 Å². The second kappa shape index (κ2) is 4.45. The summed E-state index contributed by atoms with van der Waals surface area (Å²) in [5, 5.41) is 0.488. The van der Waals surface area contributed by atoms with Crippen LogP contribution < -0.4 is 4.74 Å². The monoisotopic (exact) mass is 284 g/mol. The van der Waals surface area contributed by atoms with Crippen molar-refractivity contribution in [2.24, 2.45) is 0 Å². The first-order valence-electron chi connectivity index (χ1n) is 3.83. The molecule has 0 amide bonds. The van der Waals surface area contributed by atoms with E-state index in [0.29, 0.717) is 20.6 Å². The van der Waals surface area contributed by atoms with Crippen molar-refractivity contribution in [2.45, 2.75) is 20.5 Å². The topological polar surface area (TPSA) is 9.23 Å². The highest BCUT2D eigenvalue weighted by Gasteiger charge is 2.14. The molecule has 0 aromatic heterocycles. The van der Waals surface area contributed by atoms with Crippen molar-refractivity contribution in [2.75, 3.05) is 0 Å². The van der Waals surface area contributed by atoms with E-state index >= 15 is 0 Å². The SMILES string of the molecule is Cc1cc(Cl)c(Br)c(C)c1OC(F)F. The maximum atomic E-state index is 12.0. The molecule has 0 fully saturated rings. The van der Waals surface area contributed by atoms with E-state index in [-0.39, 0.29) is 5.75 Å². The van der Waals surface area contributed by atoms with Crippen LogP contribution in [0.2, 0.25) is 5.02 Å². The number of hydrogen-bond acceptors (Lipinski definition) is 1. The molecule has 0 aliphatic carbocycles. The van der Waals surface area contributed by atoms with Gasteiger partial charge in [-0.3, -0.25) is 0 Å². The van der Waals surface area contributed by atoms with Gasteiger partial charge in [-0.25, -0.2) is 0 Å². The van der Waals surface area contributed by atoms with Crippen LogP contribution in [0.15, 0.2) is 10.5 Å². The van der Waals surface area contributed by atoms with Gasteiger partial charge in [-0.1, -0.05) is 11.6 Å². The quantitative estimate of drug-likeness (QED) is 0.786. The molecule has 1 aromatic rings. The Hall–Kier alpha value is -0.350. The third-order valence-electron chi connectivity index (χ3n) is 1.79. The molecule has 0 atom stereocenters. The van der Waals surface area contributed by atoms with Crippen molar-refractivity contribution in [1.29, 1.82) is 0 Å². The first-order chi connectivity index (χ1) is 6.43. The number of halogens is 4. The van der Waals surface area contributed by atoms with Crippen molar-refractivity contribution >= 4 is 27.5 Å². The molecule has 0 heterocycles. The maximum Gasteiger partial charge on any atom is 0.387 e. The summed E-state index contributed by atoms with van der Waals surface area (Å²) in [7, 11) is 0. The van der Waals surface area contributed by atoms with Gasteiger partial charge in [-0.05, 0) is 41.4 Å². The number of alkyl halides is 2. The van der Waals surface area contributed by atoms with Crippen molar-refractivity contribution in [3.8, 4) is 5.75 Å². The van der Waals surface area contributed by atoms with Crippen LogP contribution in [0.1, 0.15) is 11.1 Å². The average molecular weight is 286 g/mol. The van der Waals surface area contributed by atoms with Gasteiger partial charge in [0.2, 0.25) is 0 Å². The molecular weight excluding hydrogens is 277 g/mol. The molecule has 0 aliphatic heterocycles. The summed E-state index contributed by atoms with van der Waals surface area (Å²) >= 11 is 9.04. The van der Waals surface area contributed by atoms with Gasteiger partial charge in [0.15, 0.2) is 0 Å². The third-order valence-corrected chi connectivity index (χ3v) is 3.34. The van der Waals surface area contributed by atoms with Crippen molar-refractivity contribution < 1.29 is 13.5 Å². The number of ether oxygens (including phenoxy) is 1. The van der Waals surface area contributed by atoms with Crippen LogP contribution in [0.3, 0.4) is 0 Å². The standard InChI is InChI=1S/C9H8BrClF2O/c1-4-3-6(11)7(10)5(2)8(4)14-9(12)13/h3,9H,1-2H3. The molecule has 78 valence electrons. The Bertz CT molecular complexity index is 355. The van der Waals surface area contributed by atoms with Gasteiger partial charge >= 0.3 is 6.61 Å². The van der Waals surface area contributed by atoms with E-state index < -0.39 is 6.61 Å². The van der Waals surface area contributed by atoms with Gasteiger partial charge in [-0.15, -0.1) is 0 Å². The lowest BCUT2D eigenvalue weighted by Gasteiger charge is -2.13. The largest absolute Gasteiger partial charge is 0.434 e. The summed E-state index contributed by atoms with van der Waals surface area (Å²) in [6.45, 7) is 0.518. The fraction of sp³-hybridized carbons (Fsp3) is 0.333. The molecule has 0 bridgehead atoms. The molecule has 0 unspecified atom stereocenters. The summed E-state index contributed by atoms with van der Waals surface area (Å²) in [6.07, 6.45) is 0. The molecule has 1 aromatic carbocycles. The van der Waals surface area contributed by atoms with Crippen LogP contribution in [-0.2, 0) is 0 Å². The highest BCUT2D eigenvalue weighted by atomic mass is 79.9. The van der Waals surface area contributed by atoms with Crippen LogP contribution in [-0.4, -0.2) is 6.61 Å². The fourth-order valence-corrected chi connectivity index (χ4v) is 1.76. The normalized spacial score (nSPS) is 10.8. The first kappa shape index (κ1) is 11.7. The molecule has 0 saturated carbocycles. The Balaban J connectivity index is 3.22. The van der Waals surface area contributed by atoms with Gasteiger partial charge in [0.05, 0.1) is 5.02 Å². The first-order valence-corrected chi connectivity index (χ1v) is 5.00. The zero-order chi connectivity index (χ0) is 10.9. The lowest BCUT2D eigenvalue weighted by atomic mass is 10.1. The lowest BCUT2D eigenvalue weighted by molar-refractivity contribution is -0.0507. The van der Waals surface area contributed by atoms with Crippen molar-refractivity contribution in [3.63, 3.8) is 0 Å². The van der Waals surface area contributed by atoms with Gasteiger partial charge in [-0.2, -0.15) is 8.78 Å². The van der Waals surface area contributed by atoms with Crippen molar-refractivity contribution in [3.05, 3.63) is 26.7 Å². The predicted octanol–water partition coefficient (Wildman–Crippen LogP) is 4.32. The summed E-state index contributed by atoms with van der Waals surface area (Å²) < 4.78 is 29.1. The zero-order valence-electron chi connectivity index (χ0n) is 7.57. The molecule has 5 heteroatoms. The molecule has 0 aliphatic rings. The smallest absolute Gasteiger partial charge is 0.387 e. The molecule has 1 rings (SSSR count). The summed E-state index contributed by atoms with van der Waals surface area (Å²) in [4.78, 5) is 0. The van der Waals surface area contributed by atoms with E-state index in [2.05, 4.69) is 20.7 Å². The number of benzene rings is 1. The molecule has 0 N–H and O–H groups in total. The Labute approximate surface area is 94.1 Å². The minimum absolute atomic E-state index is 0.177. The molecule has 0 radical (unpaired) electrons. The minimum atomic E-state index is -2.82. The van der Waals surface area contributed by atoms with Gasteiger partial charge < -0.3 is 4.74 Å². The minimum Gasteiger partial charge on any atom is -0.434 e. The maximum absolute atomic E-state index is 12.0. The molecule has 0 spiro atoms. The van der Waals surface area contributed by atoms with Crippen LogP contribution in [0, 0.1) is 13.8 Å². The average Bonchev–Trinajstić information content (AvgIpc) is 2.09. The Morgan fingerprint density at radius 1 is 1.43 bits per heavy atom. The highest BCUT2D eigenvalue weighted by Crippen LogP contribution is 2.36. The van der Waals surface area contributed by atoms with E-state index in [0.717, 1.165) is 0 Å². The number of rotatable bonds is 2. The second-order valence-electron chi connectivity index (χ2n) is 2.82. The predicted molar refractivity (Wildman–Crippen MR) is 55.3 cm³/mol. The molecule has 0 saturated heterocycles. The van der Waals surface area contributed by atoms with Crippen LogP contribution in [0.25, 0.3) is 0 Å².